The molecule has 0 aromatic heterocycles. The van der Waals surface area contributed by atoms with Gasteiger partial charge in [-0.1, -0.05) is 51.7 Å². The van der Waals surface area contributed by atoms with Gasteiger partial charge in [-0.25, -0.2) is 0 Å². The van der Waals surface area contributed by atoms with Crippen LogP contribution in [0.3, 0.4) is 0 Å². The zero-order chi connectivity index (χ0) is 14.3. The van der Waals surface area contributed by atoms with E-state index in [1.54, 1.807) is 0 Å². The standard InChI is InChI=1S/C17H28O2/c1-13-9-8-10-15(2,3)16(13,4)17(14(18)19)11-6-5-7-12-17/h9H,5-8,10-12H2,1-4H3,(H,18,19). The van der Waals surface area contributed by atoms with Crippen molar-refractivity contribution in [3.05, 3.63) is 11.6 Å². The molecule has 0 saturated heterocycles. The highest BCUT2D eigenvalue weighted by atomic mass is 16.4. The van der Waals surface area contributed by atoms with Gasteiger partial charge in [0.2, 0.25) is 0 Å². The van der Waals surface area contributed by atoms with Crippen LogP contribution >= 0.6 is 0 Å². The van der Waals surface area contributed by atoms with Crippen LogP contribution in [-0.4, -0.2) is 11.1 Å². The molecule has 0 aromatic rings. The maximum absolute atomic E-state index is 12.2. The fourth-order valence-electron chi connectivity index (χ4n) is 4.75. The molecule has 2 heteroatoms. The van der Waals surface area contributed by atoms with Crippen LogP contribution < -0.4 is 0 Å². The number of carboxylic acids is 1. The summed E-state index contributed by atoms with van der Waals surface area (Å²) in [6, 6.07) is 0. The van der Waals surface area contributed by atoms with Crippen LogP contribution in [0.15, 0.2) is 11.6 Å². The Bertz CT molecular complexity index is 399. The largest absolute Gasteiger partial charge is 0.481 e. The van der Waals surface area contributed by atoms with Crippen molar-refractivity contribution < 1.29 is 9.90 Å². The van der Waals surface area contributed by atoms with E-state index >= 15 is 0 Å². The third kappa shape index (κ3) is 1.86. The van der Waals surface area contributed by atoms with Gasteiger partial charge in [-0.2, -0.15) is 0 Å². The summed E-state index contributed by atoms with van der Waals surface area (Å²) in [4.78, 5) is 12.2. The van der Waals surface area contributed by atoms with Crippen molar-refractivity contribution in [3.8, 4) is 0 Å². The van der Waals surface area contributed by atoms with Gasteiger partial charge in [-0.3, -0.25) is 4.79 Å². The summed E-state index contributed by atoms with van der Waals surface area (Å²) in [5.41, 5.74) is 0.579. The summed E-state index contributed by atoms with van der Waals surface area (Å²) in [5.74, 6) is -0.572. The molecule has 1 saturated carbocycles. The van der Waals surface area contributed by atoms with E-state index in [1.165, 1.54) is 12.0 Å². The number of hydrogen-bond donors (Lipinski definition) is 1. The molecule has 0 amide bonds. The third-order valence-electron chi connectivity index (χ3n) is 6.44. The zero-order valence-corrected chi connectivity index (χ0v) is 12.9. The lowest BCUT2D eigenvalue weighted by molar-refractivity contribution is -0.168. The van der Waals surface area contributed by atoms with Gasteiger partial charge in [-0.15, -0.1) is 0 Å². The van der Waals surface area contributed by atoms with Crippen molar-refractivity contribution in [2.24, 2.45) is 16.2 Å². The van der Waals surface area contributed by atoms with E-state index in [2.05, 4.69) is 33.8 Å². The molecule has 2 nitrogen and oxygen atoms in total. The molecule has 1 atom stereocenters. The summed E-state index contributed by atoms with van der Waals surface area (Å²) < 4.78 is 0. The van der Waals surface area contributed by atoms with Crippen LogP contribution in [0.25, 0.3) is 0 Å². The molecule has 19 heavy (non-hydrogen) atoms. The van der Waals surface area contributed by atoms with Crippen LogP contribution in [0.4, 0.5) is 0 Å². The van der Waals surface area contributed by atoms with Gasteiger partial charge < -0.3 is 5.11 Å². The molecule has 2 aliphatic rings. The average molecular weight is 264 g/mol. The summed E-state index contributed by atoms with van der Waals surface area (Å²) in [6.45, 7) is 8.91. The van der Waals surface area contributed by atoms with Crippen molar-refractivity contribution in [3.63, 3.8) is 0 Å². The Kier molecular flexibility index (Phi) is 3.57. The van der Waals surface area contributed by atoms with E-state index in [4.69, 9.17) is 0 Å². The van der Waals surface area contributed by atoms with E-state index in [0.29, 0.717) is 0 Å². The molecule has 0 heterocycles. The second-order valence-corrected chi connectivity index (χ2v) is 7.38. The molecule has 2 rings (SSSR count). The lowest BCUT2D eigenvalue weighted by Crippen LogP contribution is -2.56. The second kappa shape index (κ2) is 4.64. The first-order chi connectivity index (χ1) is 8.78. The molecule has 0 aliphatic heterocycles. The highest BCUT2D eigenvalue weighted by Gasteiger charge is 2.61. The van der Waals surface area contributed by atoms with Gasteiger partial charge in [-0.05, 0) is 38.0 Å². The van der Waals surface area contributed by atoms with E-state index in [9.17, 15) is 9.90 Å². The van der Waals surface area contributed by atoms with E-state index in [0.717, 1.165) is 38.5 Å². The molecule has 1 unspecified atom stereocenters. The minimum Gasteiger partial charge on any atom is -0.481 e. The Morgan fingerprint density at radius 3 is 2.16 bits per heavy atom. The van der Waals surface area contributed by atoms with Crippen molar-refractivity contribution in [1.29, 1.82) is 0 Å². The van der Waals surface area contributed by atoms with E-state index < -0.39 is 11.4 Å². The predicted molar refractivity (Wildman–Crippen MR) is 78.0 cm³/mol. The first-order valence-corrected chi connectivity index (χ1v) is 7.69. The molecule has 2 aliphatic carbocycles. The number of allylic oxidation sites excluding steroid dienone is 2. The first-order valence-electron chi connectivity index (χ1n) is 7.69. The Morgan fingerprint density at radius 1 is 1.11 bits per heavy atom. The molecule has 1 N–H and O–H groups in total. The highest BCUT2D eigenvalue weighted by Crippen LogP contribution is 2.64. The lowest BCUT2D eigenvalue weighted by Gasteiger charge is -2.58. The predicted octanol–water partition coefficient (Wildman–Crippen LogP) is 4.79. The van der Waals surface area contributed by atoms with Crippen LogP contribution in [-0.2, 0) is 4.79 Å². The molecule has 1 fully saturated rings. The highest BCUT2D eigenvalue weighted by molar-refractivity contribution is 5.77. The SMILES string of the molecule is CC1=CCCC(C)(C)C1(C)C1(C(=O)O)CCCCC1. The van der Waals surface area contributed by atoms with E-state index in [-0.39, 0.29) is 10.8 Å². The summed E-state index contributed by atoms with van der Waals surface area (Å²) in [7, 11) is 0. The zero-order valence-electron chi connectivity index (χ0n) is 12.9. The Balaban J connectivity index is 2.58. The number of carbonyl (C=O) groups is 1. The smallest absolute Gasteiger partial charge is 0.310 e. The molecule has 0 spiro atoms. The van der Waals surface area contributed by atoms with Gasteiger partial charge in [0.25, 0.3) is 0 Å². The first kappa shape index (κ1) is 14.6. The third-order valence-corrected chi connectivity index (χ3v) is 6.44. The quantitative estimate of drug-likeness (QED) is 0.728. The fraction of sp³-hybridized carbons (Fsp3) is 0.824. The van der Waals surface area contributed by atoms with Crippen LogP contribution in [0.1, 0.15) is 72.6 Å². The minimum atomic E-state index is -0.572. The number of aliphatic carboxylic acids is 1. The maximum Gasteiger partial charge on any atom is 0.310 e. The molecular formula is C17H28O2. The van der Waals surface area contributed by atoms with Crippen molar-refractivity contribution in [2.75, 3.05) is 0 Å². The van der Waals surface area contributed by atoms with Gasteiger partial charge in [0.15, 0.2) is 0 Å². The summed E-state index contributed by atoms with van der Waals surface area (Å²) >= 11 is 0. The van der Waals surface area contributed by atoms with Crippen LogP contribution in [0, 0.1) is 16.2 Å². The normalized spacial score (nSPS) is 33.6. The van der Waals surface area contributed by atoms with Crippen LogP contribution in [0.2, 0.25) is 0 Å². The monoisotopic (exact) mass is 264 g/mol. The Morgan fingerprint density at radius 2 is 1.68 bits per heavy atom. The molecule has 0 bridgehead atoms. The van der Waals surface area contributed by atoms with Crippen LogP contribution in [0.5, 0.6) is 0 Å². The number of hydrogen-bond acceptors (Lipinski definition) is 1. The maximum atomic E-state index is 12.2. The minimum absolute atomic E-state index is 0.0571. The number of carboxylic acid groups (broad SMARTS) is 1. The second-order valence-electron chi connectivity index (χ2n) is 7.38. The Labute approximate surface area is 117 Å². The van der Waals surface area contributed by atoms with Crippen molar-refractivity contribution in [2.45, 2.75) is 72.6 Å². The lowest BCUT2D eigenvalue weighted by atomic mass is 9.44. The van der Waals surface area contributed by atoms with Gasteiger partial charge >= 0.3 is 5.97 Å². The molecule has 0 radical (unpaired) electrons. The fourth-order valence-corrected chi connectivity index (χ4v) is 4.75. The molecule has 108 valence electrons. The topological polar surface area (TPSA) is 37.3 Å². The summed E-state index contributed by atoms with van der Waals surface area (Å²) in [6.07, 6.45) is 9.45. The molecule has 0 aromatic carbocycles. The summed E-state index contributed by atoms with van der Waals surface area (Å²) in [5, 5.41) is 10.0. The molecular weight excluding hydrogens is 236 g/mol. The Hall–Kier alpha value is -0.790. The van der Waals surface area contributed by atoms with E-state index in [1.807, 2.05) is 0 Å². The number of rotatable bonds is 2. The van der Waals surface area contributed by atoms with Gasteiger partial charge in [0.1, 0.15) is 0 Å². The van der Waals surface area contributed by atoms with Crippen molar-refractivity contribution in [1.82, 2.24) is 0 Å². The average Bonchev–Trinajstić information content (AvgIpc) is 2.36. The van der Waals surface area contributed by atoms with Gasteiger partial charge in [0.05, 0.1) is 5.41 Å². The van der Waals surface area contributed by atoms with Gasteiger partial charge in [0, 0.05) is 5.41 Å². The van der Waals surface area contributed by atoms with Crippen molar-refractivity contribution >= 4 is 5.97 Å².